The first-order chi connectivity index (χ1) is 8.51. The van der Waals surface area contributed by atoms with Crippen LogP contribution in [0.25, 0.3) is 0 Å². The molecule has 1 rings (SSSR count). The summed E-state index contributed by atoms with van der Waals surface area (Å²) in [5.41, 5.74) is -0.105. The molecule has 0 aliphatic heterocycles. The monoisotopic (exact) mass is 321 g/mol. The summed E-state index contributed by atoms with van der Waals surface area (Å²) in [5, 5.41) is 2.77. The summed E-state index contributed by atoms with van der Waals surface area (Å²) in [6.07, 6.45) is 0.476. The molecule has 0 spiro atoms. The maximum absolute atomic E-state index is 13.7. The van der Waals surface area contributed by atoms with Crippen LogP contribution >= 0.6 is 15.9 Å². The van der Waals surface area contributed by atoms with Crippen LogP contribution in [0, 0.1) is 11.6 Å². The summed E-state index contributed by atoms with van der Waals surface area (Å²) in [6, 6.07) is 1.89. The Kier molecular flexibility index (Phi) is 5.68. The van der Waals surface area contributed by atoms with Crippen molar-refractivity contribution in [3.63, 3.8) is 0 Å². The molecule has 0 aromatic heterocycles. The summed E-state index contributed by atoms with van der Waals surface area (Å²) >= 11 is 2.99. The standard InChI is InChI=1S/C12H14BrF2NO2/c1-3-10(12(17)18-2)16-6-7-9(14)5-4-8(13)11(7)15/h4-5,10,16H,3,6H2,1-2H3. The fourth-order valence-electron chi connectivity index (χ4n) is 1.49. The number of hydrogen-bond donors (Lipinski definition) is 1. The Morgan fingerprint density at radius 1 is 1.50 bits per heavy atom. The van der Waals surface area contributed by atoms with Crippen molar-refractivity contribution in [3.8, 4) is 0 Å². The third-order valence-electron chi connectivity index (χ3n) is 2.56. The number of benzene rings is 1. The Morgan fingerprint density at radius 3 is 2.72 bits per heavy atom. The Bertz CT molecular complexity index is 440. The number of hydrogen-bond acceptors (Lipinski definition) is 3. The van der Waals surface area contributed by atoms with E-state index < -0.39 is 23.6 Å². The predicted octanol–water partition coefficient (Wildman–Crippen LogP) is 2.77. The average molecular weight is 322 g/mol. The quantitative estimate of drug-likeness (QED) is 0.669. The number of methoxy groups -OCH3 is 1. The van der Waals surface area contributed by atoms with Gasteiger partial charge in [0.05, 0.1) is 11.6 Å². The average Bonchev–Trinajstić information content (AvgIpc) is 2.37. The Labute approximate surface area is 113 Å². The zero-order valence-electron chi connectivity index (χ0n) is 10.1. The summed E-state index contributed by atoms with van der Waals surface area (Å²) < 4.78 is 31.9. The molecule has 1 atom stereocenters. The van der Waals surface area contributed by atoms with Gasteiger partial charge in [-0.1, -0.05) is 6.92 Å². The van der Waals surface area contributed by atoms with Gasteiger partial charge in [-0.25, -0.2) is 8.78 Å². The Morgan fingerprint density at radius 2 is 2.17 bits per heavy atom. The molecule has 0 radical (unpaired) electrons. The van der Waals surface area contributed by atoms with Gasteiger partial charge in [0.1, 0.15) is 17.7 Å². The van der Waals surface area contributed by atoms with Crippen LogP contribution in [0.15, 0.2) is 16.6 Å². The lowest BCUT2D eigenvalue weighted by atomic mass is 10.1. The van der Waals surface area contributed by atoms with Crippen molar-refractivity contribution in [2.24, 2.45) is 0 Å². The topological polar surface area (TPSA) is 38.3 Å². The highest BCUT2D eigenvalue weighted by Crippen LogP contribution is 2.21. The predicted molar refractivity (Wildman–Crippen MR) is 67.0 cm³/mol. The molecular formula is C12H14BrF2NO2. The van der Waals surface area contributed by atoms with E-state index in [1.54, 1.807) is 6.92 Å². The van der Waals surface area contributed by atoms with Crippen molar-refractivity contribution in [2.45, 2.75) is 25.9 Å². The van der Waals surface area contributed by atoms with E-state index in [0.717, 1.165) is 0 Å². The minimum absolute atomic E-state index is 0.0787. The summed E-state index contributed by atoms with van der Waals surface area (Å²) in [7, 11) is 1.27. The van der Waals surface area contributed by atoms with Crippen molar-refractivity contribution in [2.75, 3.05) is 7.11 Å². The van der Waals surface area contributed by atoms with E-state index in [1.165, 1.54) is 19.2 Å². The van der Waals surface area contributed by atoms with Crippen LogP contribution < -0.4 is 5.32 Å². The second-order valence-electron chi connectivity index (χ2n) is 3.69. The van der Waals surface area contributed by atoms with Crippen LogP contribution in [-0.2, 0) is 16.1 Å². The molecule has 0 saturated heterocycles. The largest absolute Gasteiger partial charge is 0.468 e. The molecule has 18 heavy (non-hydrogen) atoms. The number of esters is 1. The highest BCUT2D eigenvalue weighted by molar-refractivity contribution is 9.10. The molecule has 0 aliphatic carbocycles. The third kappa shape index (κ3) is 3.49. The van der Waals surface area contributed by atoms with Gasteiger partial charge >= 0.3 is 5.97 Å². The van der Waals surface area contributed by atoms with Gasteiger partial charge in [-0.15, -0.1) is 0 Å². The van der Waals surface area contributed by atoms with Crippen molar-refractivity contribution in [1.29, 1.82) is 0 Å². The van der Waals surface area contributed by atoms with Crippen molar-refractivity contribution in [1.82, 2.24) is 5.32 Å². The number of halogens is 3. The summed E-state index contributed by atoms with van der Waals surface area (Å²) in [5.74, 6) is -1.77. The molecule has 0 heterocycles. The molecule has 3 nitrogen and oxygen atoms in total. The first kappa shape index (κ1) is 15.0. The van der Waals surface area contributed by atoms with E-state index in [9.17, 15) is 13.6 Å². The van der Waals surface area contributed by atoms with Crippen LogP contribution in [0.4, 0.5) is 8.78 Å². The molecule has 1 unspecified atom stereocenters. The van der Waals surface area contributed by atoms with Gasteiger partial charge in [0, 0.05) is 12.1 Å². The normalized spacial score (nSPS) is 12.3. The van der Waals surface area contributed by atoms with E-state index >= 15 is 0 Å². The zero-order chi connectivity index (χ0) is 13.7. The lowest BCUT2D eigenvalue weighted by molar-refractivity contribution is -0.143. The molecule has 0 saturated carbocycles. The van der Waals surface area contributed by atoms with E-state index in [0.29, 0.717) is 6.42 Å². The van der Waals surface area contributed by atoms with Crippen LogP contribution in [0.3, 0.4) is 0 Å². The van der Waals surface area contributed by atoms with Crippen LogP contribution in [-0.4, -0.2) is 19.1 Å². The summed E-state index contributed by atoms with van der Waals surface area (Å²) in [6.45, 7) is 1.70. The molecule has 0 aliphatic rings. The van der Waals surface area contributed by atoms with Gasteiger partial charge in [0.2, 0.25) is 0 Å². The zero-order valence-corrected chi connectivity index (χ0v) is 11.7. The molecule has 6 heteroatoms. The molecule has 1 N–H and O–H groups in total. The Balaban J connectivity index is 2.80. The van der Waals surface area contributed by atoms with Crippen LogP contribution in [0.1, 0.15) is 18.9 Å². The van der Waals surface area contributed by atoms with Crippen molar-refractivity contribution < 1.29 is 18.3 Å². The highest BCUT2D eigenvalue weighted by atomic mass is 79.9. The van der Waals surface area contributed by atoms with E-state index in [2.05, 4.69) is 26.0 Å². The second kappa shape index (κ2) is 6.80. The molecule has 1 aromatic carbocycles. The maximum Gasteiger partial charge on any atom is 0.322 e. The Hall–Kier alpha value is -1.01. The van der Waals surface area contributed by atoms with Gasteiger partial charge < -0.3 is 10.1 Å². The molecule has 1 aromatic rings. The number of rotatable bonds is 5. The molecule has 0 fully saturated rings. The van der Waals surface area contributed by atoms with Crippen molar-refractivity contribution in [3.05, 3.63) is 33.8 Å². The van der Waals surface area contributed by atoms with Gasteiger partial charge in [-0.3, -0.25) is 4.79 Å². The lowest BCUT2D eigenvalue weighted by Gasteiger charge is -2.15. The molecule has 0 bridgehead atoms. The minimum atomic E-state index is -0.665. The molecule has 0 amide bonds. The first-order valence-electron chi connectivity index (χ1n) is 5.44. The van der Waals surface area contributed by atoms with Gasteiger partial charge in [-0.2, -0.15) is 0 Å². The number of nitrogens with one attached hydrogen (secondary N) is 1. The minimum Gasteiger partial charge on any atom is -0.468 e. The first-order valence-corrected chi connectivity index (χ1v) is 6.24. The molecular weight excluding hydrogens is 308 g/mol. The van der Waals surface area contributed by atoms with E-state index in [-0.39, 0.29) is 16.6 Å². The van der Waals surface area contributed by atoms with Gasteiger partial charge in [0.25, 0.3) is 0 Å². The van der Waals surface area contributed by atoms with Crippen molar-refractivity contribution >= 4 is 21.9 Å². The molecule has 100 valence electrons. The van der Waals surface area contributed by atoms with E-state index in [1.807, 2.05) is 0 Å². The van der Waals surface area contributed by atoms with Gasteiger partial charge in [0.15, 0.2) is 0 Å². The number of ether oxygens (including phenoxy) is 1. The summed E-state index contributed by atoms with van der Waals surface area (Å²) in [4.78, 5) is 11.3. The number of carbonyl (C=O) groups is 1. The van der Waals surface area contributed by atoms with Gasteiger partial charge in [-0.05, 0) is 34.5 Å². The lowest BCUT2D eigenvalue weighted by Crippen LogP contribution is -2.37. The van der Waals surface area contributed by atoms with Crippen LogP contribution in [0.2, 0.25) is 0 Å². The highest BCUT2D eigenvalue weighted by Gasteiger charge is 2.18. The van der Waals surface area contributed by atoms with E-state index in [4.69, 9.17) is 0 Å². The van der Waals surface area contributed by atoms with Crippen LogP contribution in [0.5, 0.6) is 0 Å². The smallest absolute Gasteiger partial charge is 0.322 e. The third-order valence-corrected chi connectivity index (χ3v) is 3.17. The fraction of sp³-hybridized carbons (Fsp3) is 0.417. The second-order valence-corrected chi connectivity index (χ2v) is 4.54. The number of carbonyl (C=O) groups excluding carboxylic acids is 1. The fourth-order valence-corrected chi connectivity index (χ4v) is 1.86. The SMILES string of the molecule is CCC(NCc1c(F)ccc(Br)c1F)C(=O)OC. The maximum atomic E-state index is 13.7.